The molecule has 0 amide bonds. The van der Waals surface area contributed by atoms with Crippen LogP contribution in [0.25, 0.3) is 0 Å². The van der Waals surface area contributed by atoms with Gasteiger partial charge >= 0.3 is 11.9 Å². The van der Waals surface area contributed by atoms with Crippen molar-refractivity contribution in [2.24, 2.45) is 39.9 Å². The van der Waals surface area contributed by atoms with Gasteiger partial charge in [-0.05, 0) is 111 Å². The monoisotopic (exact) mass is 636 g/mol. The van der Waals surface area contributed by atoms with E-state index in [1.165, 1.54) is 19.6 Å². The Labute approximate surface area is 276 Å². The number of rotatable bonds is 11. The summed E-state index contributed by atoms with van der Waals surface area (Å²) < 4.78 is 24.5. The Morgan fingerprint density at radius 2 is 1.61 bits per heavy atom. The standard InChI is InChI=1S/C38H56N2O6/c1-24(2)12-9-13-27(35(42)43-8)33-29-22-31(45-21-11-19-40)34-36(5)16-15-30(44-20-10-18-39)25(3)28(36)14-17-37(34,6)38(29,7)23-32(33)46-26(4)41/h12,25,28-32,34H,9-11,13-17,20-23H2,1-8H3/b33-27-/t25-,28-,29-,30+,31+,32-,34-,36-,37-,38-/m0/s1. The van der Waals surface area contributed by atoms with Gasteiger partial charge in [0.1, 0.15) is 6.10 Å². The molecule has 0 unspecified atom stereocenters. The molecule has 4 fully saturated rings. The van der Waals surface area contributed by atoms with E-state index >= 15 is 0 Å². The molecule has 4 saturated carbocycles. The van der Waals surface area contributed by atoms with Crippen LogP contribution in [0.1, 0.15) is 113 Å². The molecule has 8 nitrogen and oxygen atoms in total. The van der Waals surface area contributed by atoms with Gasteiger partial charge in [-0.1, -0.05) is 39.3 Å². The molecule has 4 aliphatic carbocycles. The van der Waals surface area contributed by atoms with Crippen molar-refractivity contribution in [3.05, 3.63) is 22.8 Å². The van der Waals surface area contributed by atoms with Gasteiger partial charge in [0.05, 0.1) is 57.5 Å². The van der Waals surface area contributed by atoms with Crippen LogP contribution in [0.4, 0.5) is 0 Å². The minimum Gasteiger partial charge on any atom is -0.466 e. The van der Waals surface area contributed by atoms with Gasteiger partial charge in [0.2, 0.25) is 0 Å². The van der Waals surface area contributed by atoms with Crippen molar-refractivity contribution in [2.45, 2.75) is 131 Å². The fraction of sp³-hybridized carbons (Fsp3) is 0.789. The number of ether oxygens (including phenoxy) is 4. The Bertz CT molecular complexity index is 1290. The van der Waals surface area contributed by atoms with Gasteiger partial charge in [-0.25, -0.2) is 4.79 Å². The number of carbonyl (C=O) groups excluding carboxylic acids is 2. The SMILES string of the molecule is COC(=O)/C(CCC=C(C)C)=C1\[C@@H](OC(C)=O)C[C@@]2(C)[C@H]1C[C@@H](OCCC#N)[C@H]1[C@@]3(C)CC[C@@H](OCCC#N)[C@@H](C)[C@@H]3CC[C@@]12C. The molecule has 0 aliphatic heterocycles. The Balaban J connectivity index is 1.83. The maximum Gasteiger partial charge on any atom is 0.333 e. The first-order valence-electron chi connectivity index (χ1n) is 17.4. The number of hydrogen-bond donors (Lipinski definition) is 0. The molecule has 0 saturated heterocycles. The summed E-state index contributed by atoms with van der Waals surface area (Å²) in [5.74, 6) is 0.262. The zero-order chi connectivity index (χ0) is 33.9. The normalized spacial score (nSPS) is 39.0. The zero-order valence-corrected chi connectivity index (χ0v) is 29.4. The maximum atomic E-state index is 13.5. The van der Waals surface area contributed by atoms with Gasteiger partial charge in [0.25, 0.3) is 0 Å². The predicted octanol–water partition coefficient (Wildman–Crippen LogP) is 7.63. The second kappa shape index (κ2) is 14.6. The van der Waals surface area contributed by atoms with Crippen LogP contribution in [0.5, 0.6) is 0 Å². The minimum atomic E-state index is -0.502. The first-order chi connectivity index (χ1) is 21.8. The Kier molecular flexibility index (Phi) is 11.5. The summed E-state index contributed by atoms with van der Waals surface area (Å²) in [6.45, 7) is 16.0. The van der Waals surface area contributed by atoms with Gasteiger partial charge in [0.15, 0.2) is 0 Å². The topological polar surface area (TPSA) is 119 Å². The zero-order valence-electron chi connectivity index (χ0n) is 29.4. The van der Waals surface area contributed by atoms with Gasteiger partial charge in [-0.15, -0.1) is 0 Å². The molecule has 46 heavy (non-hydrogen) atoms. The molecule has 0 spiro atoms. The molecule has 10 atom stereocenters. The summed E-state index contributed by atoms with van der Waals surface area (Å²) in [5.41, 5.74) is 2.27. The lowest BCUT2D eigenvalue weighted by Crippen LogP contribution is -2.66. The van der Waals surface area contributed by atoms with Crippen molar-refractivity contribution in [1.82, 2.24) is 0 Å². The average molecular weight is 637 g/mol. The van der Waals surface area contributed by atoms with Crippen LogP contribution in [0, 0.1) is 62.6 Å². The largest absolute Gasteiger partial charge is 0.466 e. The number of nitriles is 2. The summed E-state index contributed by atoms with van der Waals surface area (Å²) in [5, 5.41) is 18.5. The molecule has 0 heterocycles. The fourth-order valence-electron chi connectivity index (χ4n) is 10.8. The molecule has 4 rings (SSSR count). The van der Waals surface area contributed by atoms with Gasteiger partial charge < -0.3 is 18.9 Å². The molecular weight excluding hydrogens is 580 g/mol. The van der Waals surface area contributed by atoms with Gasteiger partial charge in [-0.3, -0.25) is 4.79 Å². The maximum absolute atomic E-state index is 13.5. The highest BCUT2D eigenvalue weighted by Gasteiger charge is 2.71. The van der Waals surface area contributed by atoms with E-state index in [4.69, 9.17) is 24.2 Å². The smallest absolute Gasteiger partial charge is 0.333 e. The van der Waals surface area contributed by atoms with Crippen LogP contribution < -0.4 is 0 Å². The highest BCUT2D eigenvalue weighted by molar-refractivity contribution is 5.90. The van der Waals surface area contributed by atoms with E-state index < -0.39 is 6.10 Å². The van der Waals surface area contributed by atoms with Gasteiger partial charge in [-0.2, -0.15) is 10.5 Å². The Morgan fingerprint density at radius 1 is 0.957 bits per heavy atom. The lowest BCUT2D eigenvalue weighted by Gasteiger charge is -2.69. The molecule has 0 aromatic carbocycles. The molecule has 254 valence electrons. The van der Waals surface area contributed by atoms with Crippen LogP contribution >= 0.6 is 0 Å². The van der Waals surface area contributed by atoms with Crippen molar-refractivity contribution in [2.75, 3.05) is 20.3 Å². The average Bonchev–Trinajstić information content (AvgIpc) is 3.27. The van der Waals surface area contributed by atoms with E-state index in [0.29, 0.717) is 69.1 Å². The third-order valence-corrected chi connectivity index (χ3v) is 12.8. The van der Waals surface area contributed by atoms with Crippen LogP contribution in [0.3, 0.4) is 0 Å². The summed E-state index contributed by atoms with van der Waals surface area (Å²) in [6.07, 6.45) is 8.94. The van der Waals surface area contributed by atoms with Crippen molar-refractivity contribution < 1.29 is 28.5 Å². The molecule has 8 heteroatoms. The van der Waals surface area contributed by atoms with Crippen molar-refractivity contribution in [1.29, 1.82) is 10.5 Å². The lowest BCUT2D eigenvalue weighted by molar-refractivity contribution is -0.245. The number of hydrogen-bond acceptors (Lipinski definition) is 8. The number of esters is 2. The summed E-state index contributed by atoms with van der Waals surface area (Å²) in [4.78, 5) is 26.1. The van der Waals surface area contributed by atoms with E-state index in [0.717, 1.165) is 31.3 Å². The molecule has 0 radical (unpaired) electrons. The van der Waals surface area contributed by atoms with Crippen molar-refractivity contribution >= 4 is 11.9 Å². The second-order valence-electron chi connectivity index (χ2n) is 15.3. The summed E-state index contributed by atoms with van der Waals surface area (Å²) in [7, 11) is 1.43. The number of carbonyl (C=O) groups is 2. The lowest BCUT2D eigenvalue weighted by atomic mass is 9.36. The summed E-state index contributed by atoms with van der Waals surface area (Å²) >= 11 is 0. The molecule has 0 aromatic heterocycles. The number of allylic oxidation sites excluding steroid dienone is 2. The number of nitrogens with zero attached hydrogens (tertiary/aromatic N) is 2. The van der Waals surface area contributed by atoms with Crippen LogP contribution in [-0.4, -0.2) is 50.6 Å². The van der Waals surface area contributed by atoms with Crippen LogP contribution in [-0.2, 0) is 28.5 Å². The number of methoxy groups -OCH3 is 1. The predicted molar refractivity (Wildman–Crippen MR) is 175 cm³/mol. The van der Waals surface area contributed by atoms with E-state index in [1.807, 2.05) is 13.8 Å². The van der Waals surface area contributed by atoms with E-state index in [2.05, 4.69) is 45.9 Å². The first-order valence-corrected chi connectivity index (χ1v) is 17.4. The van der Waals surface area contributed by atoms with Crippen LogP contribution in [0.2, 0.25) is 0 Å². The molecular formula is C38H56N2O6. The quantitative estimate of drug-likeness (QED) is 0.0983. The fourth-order valence-corrected chi connectivity index (χ4v) is 10.8. The van der Waals surface area contributed by atoms with E-state index in [-0.39, 0.29) is 52.2 Å². The number of fused-ring (bicyclic) bond motifs is 5. The Morgan fingerprint density at radius 3 is 2.20 bits per heavy atom. The van der Waals surface area contributed by atoms with E-state index in [1.54, 1.807) is 0 Å². The molecule has 0 bridgehead atoms. The highest BCUT2D eigenvalue weighted by atomic mass is 16.5. The molecule has 4 aliphatic rings. The summed E-state index contributed by atoms with van der Waals surface area (Å²) in [6, 6.07) is 4.46. The molecule has 0 aromatic rings. The second-order valence-corrected chi connectivity index (χ2v) is 15.3. The first kappa shape index (κ1) is 36.2. The third-order valence-electron chi connectivity index (χ3n) is 12.8. The van der Waals surface area contributed by atoms with E-state index in [9.17, 15) is 14.9 Å². The highest BCUT2D eigenvalue weighted by Crippen LogP contribution is 2.75. The van der Waals surface area contributed by atoms with Gasteiger partial charge in [0, 0.05) is 12.5 Å². The minimum absolute atomic E-state index is 0.0230. The third kappa shape index (κ3) is 6.54. The van der Waals surface area contributed by atoms with Crippen LogP contribution in [0.15, 0.2) is 22.8 Å². The van der Waals surface area contributed by atoms with Crippen molar-refractivity contribution in [3.63, 3.8) is 0 Å². The molecule has 0 N–H and O–H groups in total. The Hall–Kier alpha value is -2.68. The van der Waals surface area contributed by atoms with Crippen molar-refractivity contribution in [3.8, 4) is 12.1 Å².